The Morgan fingerprint density at radius 3 is 2.51 bits per heavy atom. The minimum absolute atomic E-state index is 0.400. The van der Waals surface area contributed by atoms with Gasteiger partial charge in [-0.2, -0.15) is 0 Å². The SMILES string of the molecule is CC(C)CCC[C@@H](C)[C@H]1CCC2C3CC=C4CC(c5cccc(N)c5N)CC[C@]4(C)C3CC[C@@]21C. The summed E-state index contributed by atoms with van der Waals surface area (Å²) in [6, 6.07) is 6.25. The number of fused-ring (bicyclic) bond motifs is 5. The predicted molar refractivity (Wildman–Crippen MR) is 151 cm³/mol. The van der Waals surface area contributed by atoms with Crippen LogP contribution < -0.4 is 11.5 Å². The average molecular weight is 477 g/mol. The fourth-order valence-electron chi connectivity index (χ4n) is 9.91. The lowest BCUT2D eigenvalue weighted by atomic mass is 9.46. The summed E-state index contributed by atoms with van der Waals surface area (Å²) in [5.74, 6) is 5.95. The molecule has 8 atom stereocenters. The van der Waals surface area contributed by atoms with Crippen molar-refractivity contribution in [3.05, 3.63) is 35.4 Å². The Labute approximate surface area is 215 Å². The van der Waals surface area contributed by atoms with Crippen molar-refractivity contribution in [3.63, 3.8) is 0 Å². The van der Waals surface area contributed by atoms with E-state index < -0.39 is 0 Å². The maximum atomic E-state index is 6.43. The Balaban J connectivity index is 1.32. The lowest BCUT2D eigenvalue weighted by molar-refractivity contribution is -0.0510. The van der Waals surface area contributed by atoms with Crippen molar-refractivity contribution in [1.29, 1.82) is 0 Å². The van der Waals surface area contributed by atoms with Crippen molar-refractivity contribution >= 4 is 11.4 Å². The molecule has 0 bridgehead atoms. The molecule has 3 fully saturated rings. The smallest absolute Gasteiger partial charge is 0.0583 e. The van der Waals surface area contributed by atoms with E-state index in [0.717, 1.165) is 46.9 Å². The van der Waals surface area contributed by atoms with E-state index in [0.29, 0.717) is 16.7 Å². The van der Waals surface area contributed by atoms with Crippen LogP contribution in [0, 0.1) is 46.3 Å². The highest BCUT2D eigenvalue weighted by Crippen LogP contribution is 2.68. The van der Waals surface area contributed by atoms with Crippen LogP contribution in [0.1, 0.15) is 117 Å². The van der Waals surface area contributed by atoms with Gasteiger partial charge in [0.15, 0.2) is 0 Å². The highest BCUT2D eigenvalue weighted by Gasteiger charge is 2.59. The van der Waals surface area contributed by atoms with Crippen LogP contribution in [0.15, 0.2) is 29.8 Å². The topological polar surface area (TPSA) is 52.0 Å². The highest BCUT2D eigenvalue weighted by molar-refractivity contribution is 5.68. The van der Waals surface area contributed by atoms with E-state index in [1.165, 1.54) is 76.2 Å². The van der Waals surface area contributed by atoms with E-state index in [2.05, 4.69) is 52.8 Å². The van der Waals surface area contributed by atoms with Gasteiger partial charge in [-0.3, -0.25) is 0 Å². The summed E-state index contributed by atoms with van der Waals surface area (Å²) in [5, 5.41) is 0. The highest BCUT2D eigenvalue weighted by atomic mass is 14.7. The Bertz CT molecular complexity index is 946. The zero-order valence-electron chi connectivity index (χ0n) is 23.3. The van der Waals surface area contributed by atoms with Gasteiger partial charge in [0.25, 0.3) is 0 Å². The summed E-state index contributed by atoms with van der Waals surface area (Å²) in [4.78, 5) is 0. The van der Waals surface area contributed by atoms with Crippen LogP contribution in [0.25, 0.3) is 0 Å². The number of hydrogen-bond acceptors (Lipinski definition) is 2. The minimum atomic E-state index is 0.400. The summed E-state index contributed by atoms with van der Waals surface area (Å²) in [6.45, 7) is 12.7. The lowest BCUT2D eigenvalue weighted by Crippen LogP contribution is -2.50. The molecule has 0 aromatic heterocycles. The van der Waals surface area contributed by atoms with Crippen molar-refractivity contribution in [3.8, 4) is 0 Å². The van der Waals surface area contributed by atoms with Crippen molar-refractivity contribution in [2.45, 2.75) is 111 Å². The van der Waals surface area contributed by atoms with E-state index in [1.54, 1.807) is 5.57 Å². The standard InChI is InChI=1S/C33H52N2/c1-21(2)8-6-9-22(3)27-14-15-28-26-13-12-24-20-23(25-10-7-11-30(34)31(25)35)16-18-32(24,4)29(26)17-19-33(27,28)5/h7,10-12,21-23,26-29H,6,8-9,13-20,34-35H2,1-5H3/t22-,23?,26?,27-,28?,29?,32+,33-/m1/s1. The fraction of sp³-hybridized carbons (Fsp3) is 0.758. The van der Waals surface area contributed by atoms with Crippen LogP contribution >= 0.6 is 0 Å². The molecule has 4 aliphatic carbocycles. The van der Waals surface area contributed by atoms with Crippen LogP contribution in [-0.4, -0.2) is 0 Å². The normalized spacial score (nSPS) is 39.5. The Kier molecular flexibility index (Phi) is 6.81. The van der Waals surface area contributed by atoms with Gasteiger partial charge in [-0.1, -0.05) is 77.7 Å². The van der Waals surface area contributed by atoms with Gasteiger partial charge in [0.1, 0.15) is 0 Å². The van der Waals surface area contributed by atoms with Crippen molar-refractivity contribution in [2.75, 3.05) is 11.5 Å². The first-order valence-corrected chi connectivity index (χ1v) is 15.0. The predicted octanol–water partition coefficient (Wildman–Crippen LogP) is 8.98. The summed E-state index contributed by atoms with van der Waals surface area (Å²) in [7, 11) is 0. The van der Waals surface area contributed by atoms with E-state index >= 15 is 0 Å². The van der Waals surface area contributed by atoms with Gasteiger partial charge in [0, 0.05) is 0 Å². The molecule has 194 valence electrons. The van der Waals surface area contributed by atoms with Crippen molar-refractivity contribution in [2.24, 2.45) is 46.3 Å². The fourth-order valence-corrected chi connectivity index (χ4v) is 9.91. The molecule has 1 aromatic carbocycles. The number of hydrogen-bond donors (Lipinski definition) is 2. The van der Waals surface area contributed by atoms with Crippen LogP contribution in [-0.2, 0) is 0 Å². The number of para-hydroxylation sites is 1. The molecule has 35 heavy (non-hydrogen) atoms. The third kappa shape index (κ3) is 4.25. The van der Waals surface area contributed by atoms with Crippen molar-refractivity contribution in [1.82, 2.24) is 0 Å². The molecule has 0 radical (unpaired) electrons. The van der Waals surface area contributed by atoms with E-state index in [4.69, 9.17) is 11.5 Å². The second-order valence-corrected chi connectivity index (χ2v) is 14.1. The molecular formula is C33H52N2. The van der Waals surface area contributed by atoms with Crippen molar-refractivity contribution < 1.29 is 0 Å². The molecule has 0 saturated heterocycles. The van der Waals surface area contributed by atoms with Gasteiger partial charge in [-0.15, -0.1) is 0 Å². The van der Waals surface area contributed by atoms with E-state index in [1.807, 2.05) is 6.07 Å². The molecule has 0 amide bonds. The van der Waals surface area contributed by atoms with Gasteiger partial charge in [0.05, 0.1) is 11.4 Å². The molecule has 4 aliphatic rings. The quantitative estimate of drug-likeness (QED) is 0.318. The van der Waals surface area contributed by atoms with E-state index in [9.17, 15) is 0 Å². The number of allylic oxidation sites excluding steroid dienone is 2. The molecule has 3 saturated carbocycles. The first kappa shape index (κ1) is 25.2. The average Bonchev–Trinajstić information content (AvgIpc) is 3.17. The van der Waals surface area contributed by atoms with Crippen LogP contribution in [0.4, 0.5) is 11.4 Å². The number of benzene rings is 1. The van der Waals surface area contributed by atoms with Crippen LogP contribution in [0.5, 0.6) is 0 Å². The molecule has 4 unspecified atom stereocenters. The third-order valence-electron chi connectivity index (χ3n) is 11.9. The molecule has 4 N–H and O–H groups in total. The van der Waals surface area contributed by atoms with Gasteiger partial charge < -0.3 is 11.5 Å². The minimum Gasteiger partial charge on any atom is -0.397 e. The summed E-state index contributed by atoms with van der Waals surface area (Å²) in [6.07, 6.45) is 17.9. The Morgan fingerprint density at radius 2 is 1.74 bits per heavy atom. The monoisotopic (exact) mass is 476 g/mol. The first-order chi connectivity index (χ1) is 16.6. The molecule has 0 aliphatic heterocycles. The molecule has 5 rings (SSSR count). The first-order valence-electron chi connectivity index (χ1n) is 15.0. The number of rotatable bonds is 6. The lowest BCUT2D eigenvalue weighted by Gasteiger charge is -2.58. The van der Waals surface area contributed by atoms with E-state index in [-0.39, 0.29) is 0 Å². The Hall–Kier alpha value is -1.44. The summed E-state index contributed by atoms with van der Waals surface area (Å²) in [5.41, 5.74) is 18.2. The maximum Gasteiger partial charge on any atom is 0.0583 e. The number of nitrogen functional groups attached to an aromatic ring is 2. The molecule has 2 nitrogen and oxygen atoms in total. The zero-order valence-corrected chi connectivity index (χ0v) is 23.3. The molecule has 0 heterocycles. The third-order valence-corrected chi connectivity index (χ3v) is 11.9. The second-order valence-electron chi connectivity index (χ2n) is 14.1. The maximum absolute atomic E-state index is 6.43. The molecule has 0 spiro atoms. The molecule has 1 aromatic rings. The summed E-state index contributed by atoms with van der Waals surface area (Å²) < 4.78 is 0. The number of anilines is 2. The molecular weight excluding hydrogens is 424 g/mol. The second kappa shape index (κ2) is 9.46. The largest absolute Gasteiger partial charge is 0.397 e. The van der Waals surface area contributed by atoms with Crippen LogP contribution in [0.3, 0.4) is 0 Å². The number of nitrogens with two attached hydrogens (primary N) is 2. The molecule has 2 heteroatoms. The van der Waals surface area contributed by atoms with Gasteiger partial charge in [0.2, 0.25) is 0 Å². The zero-order chi connectivity index (χ0) is 25.0. The Morgan fingerprint density at radius 1 is 0.943 bits per heavy atom. The van der Waals surface area contributed by atoms with Gasteiger partial charge >= 0.3 is 0 Å². The van der Waals surface area contributed by atoms with Crippen LogP contribution in [0.2, 0.25) is 0 Å². The van der Waals surface area contributed by atoms with Gasteiger partial charge in [-0.25, -0.2) is 0 Å². The van der Waals surface area contributed by atoms with Gasteiger partial charge in [-0.05, 0) is 115 Å². The summed E-state index contributed by atoms with van der Waals surface area (Å²) >= 11 is 0.